The van der Waals surface area contributed by atoms with Crippen LogP contribution in [0.4, 0.5) is 23.2 Å². The number of nitrogens with zero attached hydrogens (tertiary/aromatic N) is 1. The minimum atomic E-state index is -4.92. The van der Waals surface area contributed by atoms with Crippen molar-refractivity contribution < 1.29 is 41.8 Å². The van der Waals surface area contributed by atoms with Gasteiger partial charge in [0.25, 0.3) is 5.91 Å². The van der Waals surface area contributed by atoms with Crippen LogP contribution in [0.2, 0.25) is 0 Å². The van der Waals surface area contributed by atoms with Crippen LogP contribution in [-0.2, 0) is 15.8 Å². The first-order valence-corrected chi connectivity index (χ1v) is 15.7. The molecule has 5 aliphatic rings. The summed E-state index contributed by atoms with van der Waals surface area (Å²) >= 11 is 0. The van der Waals surface area contributed by atoms with Crippen molar-refractivity contribution in [3.05, 3.63) is 70.6 Å². The van der Waals surface area contributed by atoms with Crippen molar-refractivity contribution in [3.8, 4) is 5.75 Å². The number of alkyl halides is 3. The Morgan fingerprint density at radius 3 is 2.57 bits per heavy atom. The lowest BCUT2D eigenvalue weighted by Gasteiger charge is -2.41. The van der Waals surface area contributed by atoms with E-state index in [2.05, 4.69) is 21.9 Å². The monoisotopic (exact) mass is 641 g/mol. The van der Waals surface area contributed by atoms with Crippen LogP contribution < -0.4 is 15.4 Å². The van der Waals surface area contributed by atoms with Crippen molar-refractivity contribution >= 4 is 23.2 Å². The van der Waals surface area contributed by atoms with Crippen LogP contribution in [-0.4, -0.2) is 48.0 Å². The molecule has 1 unspecified atom stereocenters. The van der Waals surface area contributed by atoms with Gasteiger partial charge in [0.15, 0.2) is 0 Å². The van der Waals surface area contributed by atoms with E-state index in [-0.39, 0.29) is 35.6 Å². The van der Waals surface area contributed by atoms with E-state index in [4.69, 9.17) is 9.57 Å². The number of ether oxygens (including phenoxy) is 1. The number of amides is 2. The zero-order valence-corrected chi connectivity index (χ0v) is 25.2. The number of aliphatic hydroxyl groups excluding tert-OH is 1. The number of anilines is 1. The number of allylic oxidation sites excluding steroid dienone is 1. The Hall–Kier alpha value is -3.93. The lowest BCUT2D eigenvalue weighted by Crippen LogP contribution is -2.48. The van der Waals surface area contributed by atoms with Crippen molar-refractivity contribution in [1.82, 2.24) is 5.32 Å². The van der Waals surface area contributed by atoms with Gasteiger partial charge < -0.3 is 25.3 Å². The Morgan fingerprint density at radius 1 is 1.11 bits per heavy atom. The minimum Gasteiger partial charge on any atom is -0.496 e. The first-order chi connectivity index (χ1) is 22.0. The van der Waals surface area contributed by atoms with Crippen LogP contribution in [0.15, 0.2) is 53.2 Å². The molecule has 4 aliphatic carbocycles. The maximum atomic E-state index is 14.0. The van der Waals surface area contributed by atoms with Crippen molar-refractivity contribution in [2.45, 2.75) is 62.8 Å². The molecule has 2 bridgehead atoms. The van der Waals surface area contributed by atoms with Crippen molar-refractivity contribution in [2.75, 3.05) is 19.0 Å². The third kappa shape index (κ3) is 5.54. The molecule has 4 saturated carbocycles. The Morgan fingerprint density at radius 2 is 1.87 bits per heavy atom. The molecule has 0 aromatic heterocycles. The highest BCUT2D eigenvalue weighted by Crippen LogP contribution is 2.54. The van der Waals surface area contributed by atoms with Crippen LogP contribution in [0.5, 0.6) is 5.75 Å². The average Bonchev–Trinajstić information content (AvgIpc) is 3.47. The number of fused-ring (bicyclic) bond motifs is 2. The Balaban J connectivity index is 1.14. The van der Waals surface area contributed by atoms with Gasteiger partial charge in [-0.3, -0.25) is 9.59 Å². The van der Waals surface area contributed by atoms with Gasteiger partial charge in [0, 0.05) is 36.2 Å². The number of nitrogens with one attached hydrogen (secondary N) is 2. The number of aliphatic hydroxyl groups is 1. The predicted molar refractivity (Wildman–Crippen MR) is 160 cm³/mol. The fourth-order valence-electron chi connectivity index (χ4n) is 7.92. The van der Waals surface area contributed by atoms with Crippen LogP contribution in [0.25, 0.3) is 0 Å². The lowest BCUT2D eigenvalue weighted by molar-refractivity contribution is -0.140. The summed E-state index contributed by atoms with van der Waals surface area (Å²) in [5, 5.41) is 19.4. The average molecular weight is 642 g/mol. The highest BCUT2D eigenvalue weighted by atomic mass is 19.4. The van der Waals surface area contributed by atoms with Gasteiger partial charge >= 0.3 is 6.18 Å². The molecule has 1 aliphatic heterocycles. The van der Waals surface area contributed by atoms with Crippen LogP contribution in [0, 0.1) is 35.4 Å². The van der Waals surface area contributed by atoms with E-state index in [1.165, 1.54) is 7.11 Å². The molecule has 2 aromatic rings. The first kappa shape index (κ1) is 30.7. The SMILES string of the molecule is COc1ccc(C2=NOC3(C2)CC(CO)C3)cc1C(=O)N[C@@H]1[C@@H]2CCC(/C2=C/C2CC2)[C@@H]1C(=O)Nc1ccc(F)c(C(F)(F)F)c1. The normalized spacial score (nSPS) is 30.6. The van der Waals surface area contributed by atoms with E-state index in [1.54, 1.807) is 18.2 Å². The highest BCUT2D eigenvalue weighted by Gasteiger charge is 2.55. The molecule has 4 atom stereocenters. The third-order valence-electron chi connectivity index (χ3n) is 10.3. The summed E-state index contributed by atoms with van der Waals surface area (Å²) in [6.45, 7) is 0.103. The largest absolute Gasteiger partial charge is 0.496 e. The van der Waals surface area contributed by atoms with Gasteiger partial charge in [0.1, 0.15) is 17.2 Å². The van der Waals surface area contributed by atoms with Crippen molar-refractivity contribution in [2.24, 2.45) is 34.7 Å². The van der Waals surface area contributed by atoms with E-state index in [0.29, 0.717) is 54.3 Å². The predicted octanol–water partition coefficient (Wildman–Crippen LogP) is 5.85. The summed E-state index contributed by atoms with van der Waals surface area (Å²) in [6.07, 6.45) is 2.89. The molecule has 0 saturated heterocycles. The summed E-state index contributed by atoms with van der Waals surface area (Å²) in [4.78, 5) is 33.5. The summed E-state index contributed by atoms with van der Waals surface area (Å²) in [5.41, 5.74) is 0.716. The second kappa shape index (κ2) is 11.4. The third-order valence-corrected chi connectivity index (χ3v) is 10.3. The van der Waals surface area contributed by atoms with Gasteiger partial charge in [-0.15, -0.1) is 0 Å². The Labute approximate surface area is 263 Å². The van der Waals surface area contributed by atoms with E-state index < -0.39 is 46.9 Å². The zero-order chi connectivity index (χ0) is 32.4. The van der Waals surface area contributed by atoms with Gasteiger partial charge in [0.2, 0.25) is 5.91 Å². The first-order valence-electron chi connectivity index (χ1n) is 15.7. The molecule has 4 fully saturated rings. The fourth-order valence-corrected chi connectivity index (χ4v) is 7.92. The summed E-state index contributed by atoms with van der Waals surface area (Å²) in [5.74, 6) is -2.43. The van der Waals surface area contributed by atoms with Crippen molar-refractivity contribution in [3.63, 3.8) is 0 Å². The molecule has 1 spiro atoms. The van der Waals surface area contributed by atoms with Crippen LogP contribution in [0.3, 0.4) is 0 Å². The fraction of sp³-hybridized carbons (Fsp3) is 0.500. The topological polar surface area (TPSA) is 109 Å². The van der Waals surface area contributed by atoms with E-state index in [9.17, 15) is 32.3 Å². The van der Waals surface area contributed by atoms with Crippen molar-refractivity contribution in [1.29, 1.82) is 0 Å². The molecular formula is C34H35F4N3O5. The number of carbonyl (C=O) groups is 2. The van der Waals surface area contributed by atoms with E-state index >= 15 is 0 Å². The van der Waals surface area contributed by atoms with E-state index in [1.807, 2.05) is 0 Å². The van der Waals surface area contributed by atoms with Crippen LogP contribution in [0.1, 0.15) is 66.4 Å². The number of methoxy groups -OCH3 is 1. The molecule has 7 rings (SSSR count). The molecule has 0 radical (unpaired) electrons. The molecule has 1 heterocycles. The van der Waals surface area contributed by atoms with Gasteiger partial charge in [-0.25, -0.2) is 4.39 Å². The standard InChI is InChI=1S/C34H35F4N3O5/c1-45-28-9-4-19(27-15-33(46-41-27)13-18(14-33)16-42)11-24(28)31(43)40-30-22-7-6-21(23(22)10-17-2-3-17)29(30)32(44)39-20-5-8-26(35)25(12-20)34(36,37)38/h4-5,8-12,17-18,21-22,29-30,42H,2-3,6-7,13-16H2,1H3,(H,39,44)(H,40,43)/b23-10-/t18?,21?,22-,29+,30-,33?/m1/s1. The minimum absolute atomic E-state index is 0.0935. The smallest absolute Gasteiger partial charge is 0.419 e. The lowest BCUT2D eigenvalue weighted by atomic mass is 9.69. The quantitative estimate of drug-likeness (QED) is 0.248. The van der Waals surface area contributed by atoms with Gasteiger partial charge in [-0.2, -0.15) is 13.2 Å². The Bertz CT molecular complexity index is 1630. The van der Waals surface area contributed by atoms with Crippen LogP contribution >= 0.6 is 0 Å². The maximum Gasteiger partial charge on any atom is 0.419 e. The molecule has 244 valence electrons. The second-order valence-electron chi connectivity index (χ2n) is 13.4. The number of benzene rings is 2. The zero-order valence-electron chi connectivity index (χ0n) is 25.2. The molecule has 2 aromatic carbocycles. The number of hydrogen-bond donors (Lipinski definition) is 3. The molecule has 3 N–H and O–H groups in total. The summed E-state index contributed by atoms with van der Waals surface area (Å²) in [7, 11) is 1.46. The maximum absolute atomic E-state index is 14.0. The molecule has 12 heteroatoms. The number of rotatable bonds is 8. The molecule has 46 heavy (non-hydrogen) atoms. The van der Waals surface area contributed by atoms with Gasteiger partial charge in [-0.1, -0.05) is 16.8 Å². The number of oxime groups is 1. The van der Waals surface area contributed by atoms with Gasteiger partial charge in [0.05, 0.1) is 29.9 Å². The highest BCUT2D eigenvalue weighted by molar-refractivity contribution is 6.05. The molecule has 2 amide bonds. The Kier molecular flexibility index (Phi) is 7.61. The number of carbonyl (C=O) groups excluding carboxylic acids is 2. The summed E-state index contributed by atoms with van der Waals surface area (Å²) < 4.78 is 59.6. The van der Waals surface area contributed by atoms with E-state index in [0.717, 1.165) is 37.3 Å². The molecule has 8 nitrogen and oxygen atoms in total. The number of hydrogen-bond acceptors (Lipinski definition) is 6. The second-order valence-corrected chi connectivity index (χ2v) is 13.4. The number of halogens is 4. The van der Waals surface area contributed by atoms with Gasteiger partial charge in [-0.05, 0) is 92.7 Å². The summed E-state index contributed by atoms with van der Waals surface area (Å²) in [6, 6.07) is 6.97. The molecular weight excluding hydrogens is 606 g/mol.